The van der Waals surface area contributed by atoms with E-state index in [1.807, 2.05) is 13.0 Å². The number of aryl methyl sites for hydroxylation is 2. The molecule has 0 spiro atoms. The van der Waals surface area contributed by atoms with Gasteiger partial charge in [0.2, 0.25) is 0 Å². The second kappa shape index (κ2) is 8.03. The molecule has 3 rings (SSSR count). The first kappa shape index (κ1) is 18.0. The van der Waals surface area contributed by atoms with E-state index in [0.29, 0.717) is 19.7 Å². The molecule has 1 aliphatic rings. The summed E-state index contributed by atoms with van der Waals surface area (Å²) in [6, 6.07) is 8.26. The molecule has 138 valence electrons. The number of amides is 1. The second-order valence-electron chi connectivity index (χ2n) is 6.44. The van der Waals surface area contributed by atoms with E-state index in [1.54, 1.807) is 11.2 Å². The van der Waals surface area contributed by atoms with Crippen molar-refractivity contribution in [1.29, 1.82) is 0 Å². The number of anilines is 3. The van der Waals surface area contributed by atoms with Gasteiger partial charge in [0.25, 0.3) is 0 Å². The average Bonchev–Trinajstić information content (AvgIpc) is 2.61. The van der Waals surface area contributed by atoms with Crippen LogP contribution in [0.3, 0.4) is 0 Å². The summed E-state index contributed by atoms with van der Waals surface area (Å²) < 4.78 is 5.06. The van der Waals surface area contributed by atoms with E-state index in [-0.39, 0.29) is 6.09 Å². The summed E-state index contributed by atoms with van der Waals surface area (Å²) in [5, 5.41) is 3.35. The third-order valence-corrected chi connectivity index (χ3v) is 4.28. The van der Waals surface area contributed by atoms with Crippen molar-refractivity contribution in [2.45, 2.75) is 20.8 Å². The normalized spacial score (nSPS) is 14.3. The number of benzene rings is 1. The fourth-order valence-corrected chi connectivity index (χ4v) is 3.12. The summed E-state index contributed by atoms with van der Waals surface area (Å²) in [6.45, 7) is 9.07. The van der Waals surface area contributed by atoms with Gasteiger partial charge in [-0.05, 0) is 44.0 Å². The van der Waals surface area contributed by atoms with Crippen molar-refractivity contribution in [3.8, 4) is 0 Å². The Morgan fingerprint density at radius 3 is 2.42 bits per heavy atom. The van der Waals surface area contributed by atoms with E-state index in [4.69, 9.17) is 4.74 Å². The SMILES string of the molecule is CCOC(=O)N1CCN(c2cc(Nc3cc(C)cc(C)c3)ncn2)CC1. The van der Waals surface area contributed by atoms with Gasteiger partial charge in [0.1, 0.15) is 18.0 Å². The maximum atomic E-state index is 11.8. The van der Waals surface area contributed by atoms with Gasteiger partial charge in [0.05, 0.1) is 6.61 Å². The molecule has 1 N–H and O–H groups in total. The molecule has 0 radical (unpaired) electrons. The van der Waals surface area contributed by atoms with Crippen LogP contribution < -0.4 is 10.2 Å². The molecule has 1 aromatic carbocycles. The number of hydrogen-bond donors (Lipinski definition) is 1. The van der Waals surface area contributed by atoms with Crippen LogP contribution in [0.25, 0.3) is 0 Å². The van der Waals surface area contributed by atoms with Gasteiger partial charge in [-0.3, -0.25) is 0 Å². The number of hydrogen-bond acceptors (Lipinski definition) is 6. The number of ether oxygens (including phenoxy) is 1. The first-order valence-corrected chi connectivity index (χ1v) is 8.89. The number of aromatic nitrogens is 2. The van der Waals surface area contributed by atoms with Crippen LogP contribution in [0, 0.1) is 13.8 Å². The Labute approximate surface area is 154 Å². The number of piperazine rings is 1. The predicted molar refractivity (Wildman–Crippen MR) is 102 cm³/mol. The van der Waals surface area contributed by atoms with Crippen molar-refractivity contribution in [1.82, 2.24) is 14.9 Å². The fourth-order valence-electron chi connectivity index (χ4n) is 3.12. The van der Waals surface area contributed by atoms with E-state index in [0.717, 1.165) is 30.4 Å². The maximum absolute atomic E-state index is 11.8. The number of carbonyl (C=O) groups is 1. The fraction of sp³-hybridized carbons (Fsp3) is 0.421. The van der Waals surface area contributed by atoms with E-state index < -0.39 is 0 Å². The molecule has 1 fully saturated rings. The smallest absolute Gasteiger partial charge is 0.409 e. The first-order chi connectivity index (χ1) is 12.5. The topological polar surface area (TPSA) is 70.6 Å². The van der Waals surface area contributed by atoms with Crippen LogP contribution in [-0.4, -0.2) is 53.7 Å². The van der Waals surface area contributed by atoms with Crippen molar-refractivity contribution in [3.05, 3.63) is 41.7 Å². The molecule has 7 heteroatoms. The van der Waals surface area contributed by atoms with Crippen molar-refractivity contribution >= 4 is 23.4 Å². The highest BCUT2D eigenvalue weighted by atomic mass is 16.6. The Kier molecular flexibility index (Phi) is 5.55. The van der Waals surface area contributed by atoms with E-state index in [9.17, 15) is 4.79 Å². The molecule has 1 aromatic heterocycles. The lowest BCUT2D eigenvalue weighted by atomic mass is 10.1. The lowest BCUT2D eigenvalue weighted by molar-refractivity contribution is 0.105. The van der Waals surface area contributed by atoms with Crippen LogP contribution in [-0.2, 0) is 4.74 Å². The van der Waals surface area contributed by atoms with Gasteiger partial charge in [-0.25, -0.2) is 14.8 Å². The van der Waals surface area contributed by atoms with Crippen LogP contribution in [0.2, 0.25) is 0 Å². The third kappa shape index (κ3) is 4.41. The van der Waals surface area contributed by atoms with E-state index in [1.165, 1.54) is 11.1 Å². The Morgan fingerprint density at radius 2 is 1.77 bits per heavy atom. The molecule has 0 saturated carbocycles. The van der Waals surface area contributed by atoms with Crippen molar-refractivity contribution in [3.63, 3.8) is 0 Å². The molecule has 1 aliphatic heterocycles. The molecule has 26 heavy (non-hydrogen) atoms. The molecule has 7 nitrogen and oxygen atoms in total. The number of rotatable bonds is 4. The maximum Gasteiger partial charge on any atom is 0.409 e. The van der Waals surface area contributed by atoms with Crippen LogP contribution >= 0.6 is 0 Å². The van der Waals surface area contributed by atoms with Crippen molar-refractivity contribution in [2.75, 3.05) is 43.0 Å². The highest BCUT2D eigenvalue weighted by molar-refractivity contribution is 5.68. The Bertz CT molecular complexity index is 752. The molecule has 0 aliphatic carbocycles. The Balaban J connectivity index is 1.65. The molecule has 2 aromatic rings. The summed E-state index contributed by atoms with van der Waals surface area (Å²) >= 11 is 0. The summed E-state index contributed by atoms with van der Waals surface area (Å²) in [5.74, 6) is 1.61. The van der Waals surface area contributed by atoms with Crippen molar-refractivity contribution < 1.29 is 9.53 Å². The summed E-state index contributed by atoms with van der Waals surface area (Å²) in [5.41, 5.74) is 3.42. The van der Waals surface area contributed by atoms with Crippen LogP contribution in [0.15, 0.2) is 30.6 Å². The van der Waals surface area contributed by atoms with E-state index in [2.05, 4.69) is 52.2 Å². The van der Waals surface area contributed by atoms with Gasteiger partial charge in [0, 0.05) is 37.9 Å². The average molecular weight is 355 g/mol. The standard InChI is InChI=1S/C19H25N5O2/c1-4-26-19(25)24-7-5-23(6-8-24)18-12-17(20-13-21-18)22-16-10-14(2)9-15(3)11-16/h9-13H,4-8H2,1-3H3,(H,20,21,22). The van der Waals surface area contributed by atoms with E-state index >= 15 is 0 Å². The third-order valence-electron chi connectivity index (χ3n) is 4.28. The van der Waals surface area contributed by atoms with Crippen LogP contribution in [0.4, 0.5) is 22.1 Å². The second-order valence-corrected chi connectivity index (χ2v) is 6.44. The minimum atomic E-state index is -0.244. The lowest BCUT2D eigenvalue weighted by Gasteiger charge is -2.34. The largest absolute Gasteiger partial charge is 0.450 e. The molecular weight excluding hydrogens is 330 g/mol. The highest BCUT2D eigenvalue weighted by Crippen LogP contribution is 2.21. The van der Waals surface area contributed by atoms with Crippen molar-refractivity contribution in [2.24, 2.45) is 0 Å². The molecule has 2 heterocycles. The van der Waals surface area contributed by atoms with Gasteiger partial charge >= 0.3 is 6.09 Å². The number of nitrogens with zero attached hydrogens (tertiary/aromatic N) is 4. The summed E-state index contributed by atoms with van der Waals surface area (Å²) in [7, 11) is 0. The van der Waals surface area contributed by atoms with Gasteiger partial charge in [-0.2, -0.15) is 0 Å². The Morgan fingerprint density at radius 1 is 1.08 bits per heavy atom. The number of nitrogens with one attached hydrogen (secondary N) is 1. The van der Waals surface area contributed by atoms with Gasteiger partial charge < -0.3 is 19.9 Å². The number of carbonyl (C=O) groups excluding carboxylic acids is 1. The van der Waals surface area contributed by atoms with Crippen LogP contribution in [0.1, 0.15) is 18.1 Å². The minimum Gasteiger partial charge on any atom is -0.450 e. The molecule has 1 saturated heterocycles. The molecular formula is C19H25N5O2. The Hall–Kier alpha value is -2.83. The minimum absolute atomic E-state index is 0.244. The van der Waals surface area contributed by atoms with Crippen LogP contribution in [0.5, 0.6) is 0 Å². The lowest BCUT2D eigenvalue weighted by Crippen LogP contribution is -2.49. The zero-order chi connectivity index (χ0) is 18.5. The van der Waals surface area contributed by atoms with Gasteiger partial charge in [-0.1, -0.05) is 6.07 Å². The molecule has 0 atom stereocenters. The summed E-state index contributed by atoms with van der Waals surface area (Å²) in [6.07, 6.45) is 1.32. The molecule has 1 amide bonds. The highest BCUT2D eigenvalue weighted by Gasteiger charge is 2.22. The monoisotopic (exact) mass is 355 g/mol. The van der Waals surface area contributed by atoms with Gasteiger partial charge in [-0.15, -0.1) is 0 Å². The predicted octanol–water partition coefficient (Wildman–Crippen LogP) is 3.12. The first-order valence-electron chi connectivity index (χ1n) is 8.89. The molecule has 0 unspecified atom stereocenters. The molecule has 0 bridgehead atoms. The van der Waals surface area contributed by atoms with Gasteiger partial charge in [0.15, 0.2) is 0 Å². The zero-order valence-electron chi connectivity index (χ0n) is 15.5. The quantitative estimate of drug-likeness (QED) is 0.909. The zero-order valence-corrected chi connectivity index (χ0v) is 15.5. The summed E-state index contributed by atoms with van der Waals surface area (Å²) in [4.78, 5) is 24.4.